The van der Waals surface area contributed by atoms with Crippen molar-refractivity contribution in [3.05, 3.63) is 12.0 Å². The molecule has 1 aliphatic rings. The molecule has 1 aliphatic heterocycles. The summed E-state index contributed by atoms with van der Waals surface area (Å²) in [6.07, 6.45) is -2.14. The summed E-state index contributed by atoms with van der Waals surface area (Å²) in [4.78, 5) is 0. The minimum absolute atomic E-state index is 0.215. The molecule has 0 radical (unpaired) electrons. The van der Waals surface area contributed by atoms with Gasteiger partial charge in [-0.2, -0.15) is 8.78 Å². The first-order chi connectivity index (χ1) is 4.20. The predicted octanol–water partition coefficient (Wildman–Crippen LogP) is 1.49. The normalized spacial score (nSPS) is 25.2. The van der Waals surface area contributed by atoms with E-state index in [9.17, 15) is 8.78 Å². The first-order valence-electron chi connectivity index (χ1n) is 2.55. The summed E-state index contributed by atoms with van der Waals surface area (Å²) in [5, 5.41) is 0. The summed E-state index contributed by atoms with van der Waals surface area (Å²) in [6, 6.07) is 0. The molecule has 0 bridgehead atoms. The van der Waals surface area contributed by atoms with E-state index in [1.165, 1.54) is 0 Å². The number of ether oxygens (including phenoxy) is 2. The van der Waals surface area contributed by atoms with Gasteiger partial charge in [0, 0.05) is 0 Å². The summed E-state index contributed by atoms with van der Waals surface area (Å²) in [5.41, 5.74) is 0. The molecule has 0 amide bonds. The van der Waals surface area contributed by atoms with Gasteiger partial charge in [0.25, 0.3) is 0 Å². The van der Waals surface area contributed by atoms with Crippen molar-refractivity contribution in [3.8, 4) is 0 Å². The van der Waals surface area contributed by atoms with Gasteiger partial charge in [-0.15, -0.1) is 0 Å². The van der Waals surface area contributed by atoms with E-state index in [1.807, 2.05) is 0 Å². The first kappa shape index (κ1) is 6.32. The van der Waals surface area contributed by atoms with Gasteiger partial charge in [0.2, 0.25) is 0 Å². The van der Waals surface area contributed by atoms with Gasteiger partial charge < -0.3 is 9.47 Å². The van der Waals surface area contributed by atoms with Crippen LogP contribution in [0.4, 0.5) is 8.78 Å². The molecule has 2 nitrogen and oxygen atoms in total. The van der Waals surface area contributed by atoms with Crippen molar-refractivity contribution < 1.29 is 18.3 Å². The molecule has 0 saturated carbocycles. The third kappa shape index (κ3) is 1.31. The molecular weight excluding hydrogens is 130 g/mol. The van der Waals surface area contributed by atoms with Crippen LogP contribution in [0.3, 0.4) is 0 Å². The van der Waals surface area contributed by atoms with Crippen LogP contribution >= 0.6 is 0 Å². The Labute approximate surface area is 51.1 Å². The molecule has 0 aromatic rings. The van der Waals surface area contributed by atoms with E-state index in [-0.39, 0.29) is 12.7 Å². The average molecular weight is 136 g/mol. The molecular formula is C5H6F2O2. The topological polar surface area (TPSA) is 18.5 Å². The van der Waals surface area contributed by atoms with Crippen molar-refractivity contribution in [1.82, 2.24) is 0 Å². The molecule has 1 atom stereocenters. The molecule has 0 aromatic heterocycles. The molecule has 9 heavy (non-hydrogen) atoms. The van der Waals surface area contributed by atoms with Crippen LogP contribution in [-0.4, -0.2) is 12.7 Å². The molecule has 0 aliphatic carbocycles. The van der Waals surface area contributed by atoms with E-state index in [4.69, 9.17) is 0 Å². The second-order valence-electron chi connectivity index (χ2n) is 1.79. The van der Waals surface area contributed by atoms with E-state index < -0.39 is 12.0 Å². The SMILES string of the molecule is CC1COC(=C(F)F)O1. The fourth-order valence-electron chi connectivity index (χ4n) is 0.543. The van der Waals surface area contributed by atoms with Crippen LogP contribution < -0.4 is 0 Å². The number of hydrogen-bond donors (Lipinski definition) is 0. The van der Waals surface area contributed by atoms with Gasteiger partial charge in [-0.05, 0) is 6.92 Å². The third-order valence-corrected chi connectivity index (χ3v) is 0.912. The highest BCUT2D eigenvalue weighted by molar-refractivity contribution is 4.87. The Hall–Kier alpha value is -0.800. The summed E-state index contributed by atoms with van der Waals surface area (Å²) in [6.45, 7) is 1.88. The van der Waals surface area contributed by atoms with Crippen molar-refractivity contribution >= 4 is 0 Å². The lowest BCUT2D eigenvalue weighted by atomic mass is 10.5. The molecule has 1 unspecified atom stereocenters. The highest BCUT2D eigenvalue weighted by atomic mass is 19.3. The molecule has 1 heterocycles. The molecule has 52 valence electrons. The summed E-state index contributed by atoms with van der Waals surface area (Å²) < 4.78 is 32.0. The lowest BCUT2D eigenvalue weighted by molar-refractivity contribution is 0.121. The van der Waals surface area contributed by atoms with Gasteiger partial charge in [0.15, 0.2) is 0 Å². The Balaban J connectivity index is 2.58. The van der Waals surface area contributed by atoms with Gasteiger partial charge in [-0.1, -0.05) is 0 Å². The maximum absolute atomic E-state index is 11.5. The molecule has 0 N–H and O–H groups in total. The highest BCUT2D eigenvalue weighted by Crippen LogP contribution is 2.19. The molecule has 1 rings (SSSR count). The minimum atomic E-state index is -1.89. The largest absolute Gasteiger partial charge is 0.458 e. The zero-order valence-electron chi connectivity index (χ0n) is 4.86. The monoisotopic (exact) mass is 136 g/mol. The number of hydrogen-bond acceptors (Lipinski definition) is 2. The van der Waals surface area contributed by atoms with Gasteiger partial charge in [0.1, 0.15) is 12.7 Å². The lowest BCUT2D eigenvalue weighted by Crippen LogP contribution is -2.00. The van der Waals surface area contributed by atoms with Gasteiger partial charge in [0.05, 0.1) is 0 Å². The van der Waals surface area contributed by atoms with Crippen molar-refractivity contribution in [1.29, 1.82) is 0 Å². The second-order valence-corrected chi connectivity index (χ2v) is 1.79. The number of rotatable bonds is 0. The zero-order valence-corrected chi connectivity index (χ0v) is 4.86. The van der Waals surface area contributed by atoms with E-state index in [1.54, 1.807) is 6.92 Å². The molecule has 1 saturated heterocycles. The average Bonchev–Trinajstić information content (AvgIpc) is 2.14. The van der Waals surface area contributed by atoms with E-state index >= 15 is 0 Å². The van der Waals surface area contributed by atoms with Gasteiger partial charge in [-0.25, -0.2) is 0 Å². The third-order valence-electron chi connectivity index (χ3n) is 0.912. The van der Waals surface area contributed by atoms with Gasteiger partial charge >= 0.3 is 12.0 Å². The Bertz CT molecular complexity index is 140. The first-order valence-corrected chi connectivity index (χ1v) is 2.55. The van der Waals surface area contributed by atoms with Gasteiger partial charge in [-0.3, -0.25) is 0 Å². The Kier molecular flexibility index (Phi) is 1.55. The van der Waals surface area contributed by atoms with Crippen molar-refractivity contribution in [3.63, 3.8) is 0 Å². The van der Waals surface area contributed by atoms with Crippen LogP contribution in [0.25, 0.3) is 0 Å². The fourth-order valence-corrected chi connectivity index (χ4v) is 0.543. The van der Waals surface area contributed by atoms with E-state index in [2.05, 4.69) is 9.47 Å². The fraction of sp³-hybridized carbons (Fsp3) is 0.600. The highest BCUT2D eigenvalue weighted by Gasteiger charge is 2.21. The second kappa shape index (κ2) is 2.21. The maximum atomic E-state index is 11.5. The predicted molar refractivity (Wildman–Crippen MR) is 25.7 cm³/mol. The Morgan fingerprint density at radius 2 is 2.33 bits per heavy atom. The van der Waals surface area contributed by atoms with Crippen LogP contribution in [0.15, 0.2) is 12.0 Å². The van der Waals surface area contributed by atoms with Crippen LogP contribution in [-0.2, 0) is 9.47 Å². The number of halogens is 2. The Morgan fingerprint density at radius 3 is 2.56 bits per heavy atom. The lowest BCUT2D eigenvalue weighted by Gasteiger charge is -1.95. The summed E-state index contributed by atoms with van der Waals surface area (Å²) >= 11 is 0. The minimum Gasteiger partial charge on any atom is -0.458 e. The van der Waals surface area contributed by atoms with Crippen molar-refractivity contribution in [2.24, 2.45) is 0 Å². The van der Waals surface area contributed by atoms with Crippen LogP contribution in [0.2, 0.25) is 0 Å². The van der Waals surface area contributed by atoms with Crippen molar-refractivity contribution in [2.75, 3.05) is 6.61 Å². The van der Waals surface area contributed by atoms with Crippen LogP contribution in [0, 0.1) is 0 Å². The molecule has 0 aromatic carbocycles. The maximum Gasteiger partial charge on any atom is 0.350 e. The van der Waals surface area contributed by atoms with E-state index in [0.29, 0.717) is 0 Å². The van der Waals surface area contributed by atoms with Crippen LogP contribution in [0.1, 0.15) is 6.92 Å². The smallest absolute Gasteiger partial charge is 0.350 e. The van der Waals surface area contributed by atoms with Crippen LogP contribution in [0.5, 0.6) is 0 Å². The molecule has 4 heteroatoms. The standard InChI is InChI=1S/C5H6F2O2/c1-3-2-8-5(9-3)4(6)7/h3H,2H2,1H3. The quantitative estimate of drug-likeness (QED) is 0.502. The van der Waals surface area contributed by atoms with E-state index in [0.717, 1.165) is 0 Å². The Morgan fingerprint density at radius 1 is 1.67 bits per heavy atom. The zero-order chi connectivity index (χ0) is 6.85. The molecule has 1 fully saturated rings. The molecule has 0 spiro atoms. The van der Waals surface area contributed by atoms with Crippen molar-refractivity contribution in [2.45, 2.75) is 13.0 Å². The summed E-state index contributed by atoms with van der Waals surface area (Å²) in [7, 11) is 0. The summed E-state index contributed by atoms with van der Waals surface area (Å²) in [5.74, 6) is -0.623.